The summed E-state index contributed by atoms with van der Waals surface area (Å²) in [5.41, 5.74) is 10.1. The molecule has 98 valence electrons. The predicted octanol–water partition coefficient (Wildman–Crippen LogP) is 3.82. The second-order valence-corrected chi connectivity index (χ2v) is 4.92. The first-order chi connectivity index (χ1) is 8.97. The molecule has 0 fully saturated rings. The monoisotopic (exact) mass is 274 g/mol. The Bertz CT molecular complexity index is 638. The highest BCUT2D eigenvalue weighted by atomic mass is 32.1. The summed E-state index contributed by atoms with van der Waals surface area (Å²) in [5, 5.41) is 3.22. The van der Waals surface area contributed by atoms with Crippen molar-refractivity contribution >= 4 is 28.6 Å². The number of hydrogen-bond acceptors (Lipinski definition) is 2. The molecule has 4 heteroatoms. The molecule has 0 spiro atoms. The number of anilines is 2. The minimum Gasteiger partial charge on any atom is -0.389 e. The number of hydrogen-bond donors (Lipinski definition) is 2. The molecule has 2 aromatic rings. The minimum absolute atomic E-state index is 0.259. The van der Waals surface area contributed by atoms with Crippen molar-refractivity contribution in [3.8, 4) is 0 Å². The summed E-state index contributed by atoms with van der Waals surface area (Å²) in [7, 11) is 0. The molecule has 0 saturated heterocycles. The second-order valence-electron chi connectivity index (χ2n) is 4.48. The summed E-state index contributed by atoms with van der Waals surface area (Å²) in [6, 6.07) is 10.3. The lowest BCUT2D eigenvalue weighted by Gasteiger charge is -2.13. The molecule has 0 aliphatic carbocycles. The van der Waals surface area contributed by atoms with Crippen LogP contribution in [0.25, 0.3) is 0 Å². The fourth-order valence-corrected chi connectivity index (χ4v) is 1.96. The normalized spacial score (nSPS) is 10.3. The van der Waals surface area contributed by atoms with Gasteiger partial charge in [-0.2, -0.15) is 0 Å². The summed E-state index contributed by atoms with van der Waals surface area (Å²) in [5.74, 6) is -0.259. The molecule has 2 nitrogen and oxygen atoms in total. The van der Waals surface area contributed by atoms with Gasteiger partial charge >= 0.3 is 0 Å². The van der Waals surface area contributed by atoms with E-state index in [1.165, 1.54) is 12.1 Å². The van der Waals surface area contributed by atoms with Crippen molar-refractivity contribution in [1.29, 1.82) is 0 Å². The highest BCUT2D eigenvalue weighted by Crippen LogP contribution is 2.24. The van der Waals surface area contributed by atoms with E-state index in [4.69, 9.17) is 18.0 Å². The van der Waals surface area contributed by atoms with Gasteiger partial charge in [-0.1, -0.05) is 18.3 Å². The zero-order valence-electron chi connectivity index (χ0n) is 10.8. The van der Waals surface area contributed by atoms with Gasteiger partial charge in [0.25, 0.3) is 0 Å². The Morgan fingerprint density at radius 1 is 1.05 bits per heavy atom. The highest BCUT2D eigenvalue weighted by Gasteiger charge is 2.05. The number of rotatable bonds is 3. The number of halogens is 1. The minimum atomic E-state index is -0.259. The van der Waals surface area contributed by atoms with Gasteiger partial charge in [0.15, 0.2) is 0 Å². The third kappa shape index (κ3) is 3.09. The van der Waals surface area contributed by atoms with Crippen LogP contribution >= 0.6 is 12.2 Å². The van der Waals surface area contributed by atoms with E-state index in [0.717, 1.165) is 28.1 Å². The number of benzene rings is 2. The lowest BCUT2D eigenvalue weighted by Crippen LogP contribution is -2.09. The van der Waals surface area contributed by atoms with E-state index in [9.17, 15) is 4.39 Å². The van der Waals surface area contributed by atoms with Crippen LogP contribution in [0.2, 0.25) is 0 Å². The zero-order valence-corrected chi connectivity index (χ0v) is 11.6. The maximum absolute atomic E-state index is 13.2. The Morgan fingerprint density at radius 3 is 2.42 bits per heavy atom. The first-order valence-electron chi connectivity index (χ1n) is 5.91. The van der Waals surface area contributed by atoms with Crippen LogP contribution in [-0.2, 0) is 0 Å². The van der Waals surface area contributed by atoms with Crippen LogP contribution in [0.15, 0.2) is 36.4 Å². The molecule has 2 rings (SSSR count). The van der Waals surface area contributed by atoms with Crippen molar-refractivity contribution < 1.29 is 4.39 Å². The molecule has 0 bridgehead atoms. The van der Waals surface area contributed by atoms with E-state index in [0.29, 0.717) is 4.99 Å². The molecule has 0 atom stereocenters. The maximum Gasteiger partial charge on any atom is 0.125 e. The van der Waals surface area contributed by atoms with Gasteiger partial charge in [-0.05, 0) is 55.3 Å². The third-order valence-corrected chi connectivity index (χ3v) is 3.22. The molecule has 0 aliphatic heterocycles. The van der Waals surface area contributed by atoms with Crippen molar-refractivity contribution in [2.75, 3.05) is 5.32 Å². The van der Waals surface area contributed by atoms with Gasteiger partial charge in [0.05, 0.1) is 0 Å². The second kappa shape index (κ2) is 5.36. The molecule has 0 aromatic heterocycles. The van der Waals surface area contributed by atoms with Crippen LogP contribution in [0, 0.1) is 19.7 Å². The molecule has 0 saturated carbocycles. The molecule has 2 aromatic carbocycles. The molecule has 3 N–H and O–H groups in total. The number of thiocarbonyl (C=S) groups is 1. The van der Waals surface area contributed by atoms with Crippen LogP contribution in [0.4, 0.5) is 15.8 Å². The summed E-state index contributed by atoms with van der Waals surface area (Å²) >= 11 is 4.94. The number of aryl methyl sites for hydroxylation is 2. The molecule has 0 unspecified atom stereocenters. The average Bonchev–Trinajstić information content (AvgIpc) is 2.36. The molecule has 0 amide bonds. The fourth-order valence-electron chi connectivity index (χ4n) is 1.83. The van der Waals surface area contributed by atoms with E-state index < -0.39 is 0 Å². The molecule has 0 heterocycles. The first-order valence-corrected chi connectivity index (χ1v) is 6.32. The van der Waals surface area contributed by atoms with E-state index in [2.05, 4.69) is 5.32 Å². The van der Waals surface area contributed by atoms with Crippen molar-refractivity contribution in [3.05, 3.63) is 58.9 Å². The number of nitrogens with one attached hydrogen (secondary N) is 1. The molecule has 19 heavy (non-hydrogen) atoms. The Hall–Kier alpha value is -1.94. The van der Waals surface area contributed by atoms with Crippen LogP contribution in [0.1, 0.15) is 16.7 Å². The predicted molar refractivity (Wildman–Crippen MR) is 81.5 cm³/mol. The van der Waals surface area contributed by atoms with Gasteiger partial charge in [0.1, 0.15) is 10.8 Å². The van der Waals surface area contributed by atoms with Gasteiger partial charge in [0.2, 0.25) is 0 Å². The van der Waals surface area contributed by atoms with Gasteiger partial charge in [0, 0.05) is 16.9 Å². The van der Waals surface area contributed by atoms with Crippen molar-refractivity contribution in [1.82, 2.24) is 0 Å². The van der Waals surface area contributed by atoms with E-state index >= 15 is 0 Å². The van der Waals surface area contributed by atoms with Gasteiger partial charge in [-0.3, -0.25) is 0 Å². The molecule has 0 radical (unpaired) electrons. The standard InChI is InChI=1S/C15H15FN2S/c1-9-3-5-12(16)8-14(9)18-13-6-4-11(15(17)19)7-10(13)2/h3-8,18H,1-2H3,(H2,17,19). The highest BCUT2D eigenvalue weighted by molar-refractivity contribution is 7.80. The topological polar surface area (TPSA) is 38.0 Å². The zero-order chi connectivity index (χ0) is 14.0. The molecular weight excluding hydrogens is 259 g/mol. The third-order valence-electron chi connectivity index (χ3n) is 2.98. The van der Waals surface area contributed by atoms with Gasteiger partial charge in [-0.25, -0.2) is 4.39 Å². The van der Waals surface area contributed by atoms with E-state index in [-0.39, 0.29) is 5.82 Å². The van der Waals surface area contributed by atoms with Crippen LogP contribution in [0.3, 0.4) is 0 Å². The smallest absolute Gasteiger partial charge is 0.125 e. The van der Waals surface area contributed by atoms with Crippen LogP contribution < -0.4 is 11.1 Å². The summed E-state index contributed by atoms with van der Waals surface area (Å²) in [4.78, 5) is 0.372. The van der Waals surface area contributed by atoms with Crippen molar-refractivity contribution in [3.63, 3.8) is 0 Å². The Balaban J connectivity index is 2.33. The summed E-state index contributed by atoms with van der Waals surface area (Å²) < 4.78 is 13.2. The summed E-state index contributed by atoms with van der Waals surface area (Å²) in [6.07, 6.45) is 0. The Morgan fingerprint density at radius 2 is 1.79 bits per heavy atom. The molecular formula is C15H15FN2S. The average molecular weight is 274 g/mol. The Labute approximate surface area is 117 Å². The van der Waals surface area contributed by atoms with E-state index in [1.54, 1.807) is 6.07 Å². The summed E-state index contributed by atoms with van der Waals surface area (Å²) in [6.45, 7) is 3.89. The largest absolute Gasteiger partial charge is 0.389 e. The van der Waals surface area contributed by atoms with Gasteiger partial charge < -0.3 is 11.1 Å². The Kier molecular flexibility index (Phi) is 3.81. The van der Waals surface area contributed by atoms with Crippen LogP contribution in [-0.4, -0.2) is 4.99 Å². The SMILES string of the molecule is Cc1cc(C(N)=S)ccc1Nc1cc(F)ccc1C. The lowest BCUT2D eigenvalue weighted by atomic mass is 10.1. The van der Waals surface area contributed by atoms with Crippen molar-refractivity contribution in [2.24, 2.45) is 5.73 Å². The first kappa shape index (κ1) is 13.5. The fraction of sp³-hybridized carbons (Fsp3) is 0.133. The lowest BCUT2D eigenvalue weighted by molar-refractivity contribution is 0.628. The van der Waals surface area contributed by atoms with E-state index in [1.807, 2.05) is 32.0 Å². The van der Waals surface area contributed by atoms with Gasteiger partial charge in [-0.15, -0.1) is 0 Å². The van der Waals surface area contributed by atoms with Crippen LogP contribution in [0.5, 0.6) is 0 Å². The molecule has 0 aliphatic rings. The van der Waals surface area contributed by atoms with Crippen molar-refractivity contribution in [2.45, 2.75) is 13.8 Å². The number of nitrogens with two attached hydrogens (primary N) is 1. The quantitative estimate of drug-likeness (QED) is 0.836. The maximum atomic E-state index is 13.2.